The number of pyridine rings is 1. The minimum absolute atomic E-state index is 0.211. The Hall–Kier alpha value is -3.08. The molecule has 0 spiro atoms. The van der Waals surface area contributed by atoms with Gasteiger partial charge in [0.25, 0.3) is 0 Å². The average Bonchev–Trinajstić information content (AvgIpc) is 2.97. The van der Waals surface area contributed by atoms with Crippen LogP contribution in [0.1, 0.15) is 43.4 Å². The number of hydrogen-bond donors (Lipinski definition) is 0. The van der Waals surface area contributed by atoms with Crippen LogP contribution in [-0.2, 0) is 6.54 Å². The lowest BCUT2D eigenvalue weighted by Gasteiger charge is -2.15. The number of aryl methyl sites for hydroxylation is 1. The van der Waals surface area contributed by atoms with Crippen molar-refractivity contribution in [3.63, 3.8) is 0 Å². The zero-order valence-electron chi connectivity index (χ0n) is 12.5. The second-order valence-electron chi connectivity index (χ2n) is 5.62. The van der Waals surface area contributed by atoms with Crippen molar-refractivity contribution in [1.82, 2.24) is 14.5 Å². The van der Waals surface area contributed by atoms with E-state index in [-0.39, 0.29) is 23.0 Å². The van der Waals surface area contributed by atoms with Gasteiger partial charge in [-0.25, -0.2) is 4.98 Å². The highest BCUT2D eigenvalue weighted by molar-refractivity contribution is 6.26. The van der Waals surface area contributed by atoms with Crippen molar-refractivity contribution in [2.45, 2.75) is 13.5 Å². The molecule has 0 unspecified atom stereocenters. The first-order valence-electron chi connectivity index (χ1n) is 7.30. The maximum Gasteiger partial charge on any atom is 0.230 e. The third-order valence-electron chi connectivity index (χ3n) is 3.95. The summed E-state index contributed by atoms with van der Waals surface area (Å²) in [6.07, 6.45) is 3.15. The van der Waals surface area contributed by atoms with Gasteiger partial charge in [0, 0.05) is 12.7 Å². The van der Waals surface area contributed by atoms with Crippen molar-refractivity contribution in [2.24, 2.45) is 0 Å². The molecular weight excluding hydrogens is 290 g/mol. The monoisotopic (exact) mass is 303 g/mol. The summed E-state index contributed by atoms with van der Waals surface area (Å²) in [5, 5.41) is 0. The molecule has 0 N–H and O–H groups in total. The molecule has 5 nitrogen and oxygen atoms in total. The van der Waals surface area contributed by atoms with Gasteiger partial charge in [0.2, 0.25) is 11.6 Å². The van der Waals surface area contributed by atoms with Crippen LogP contribution in [0.5, 0.6) is 0 Å². The number of rotatable bonds is 2. The van der Waals surface area contributed by atoms with Crippen molar-refractivity contribution < 1.29 is 9.59 Å². The normalized spacial score (nSPS) is 12.9. The number of ketones is 2. The van der Waals surface area contributed by atoms with Gasteiger partial charge in [-0.15, -0.1) is 0 Å². The summed E-state index contributed by atoms with van der Waals surface area (Å²) in [7, 11) is 0. The Balaban J connectivity index is 1.82. The highest BCUT2D eigenvalue weighted by atomic mass is 16.1. The van der Waals surface area contributed by atoms with Gasteiger partial charge < -0.3 is 4.57 Å². The number of hydrogen-bond acceptors (Lipinski definition) is 4. The molecule has 2 heterocycles. The van der Waals surface area contributed by atoms with E-state index in [1.807, 2.05) is 37.3 Å². The summed E-state index contributed by atoms with van der Waals surface area (Å²) in [6, 6.07) is 11.4. The predicted octanol–water partition coefficient (Wildman–Crippen LogP) is 2.41. The van der Waals surface area contributed by atoms with Gasteiger partial charge in [0.05, 0.1) is 11.9 Å². The maximum atomic E-state index is 12.8. The van der Waals surface area contributed by atoms with E-state index in [4.69, 9.17) is 0 Å². The number of carbonyl (C=O) groups is 2. The molecule has 112 valence electrons. The third-order valence-corrected chi connectivity index (χ3v) is 3.95. The van der Waals surface area contributed by atoms with Gasteiger partial charge in [-0.05, 0) is 24.1 Å². The standard InChI is InChI=1S/C18H13N3O2/c1-11-7-13-14(19-8-11)18(23)16-15(17(13)22)20-10-21(16)9-12-5-3-2-4-6-12/h2-8,10H,9H2,1H3. The van der Waals surface area contributed by atoms with Gasteiger partial charge in [0.15, 0.2) is 0 Å². The number of benzene rings is 1. The lowest BCUT2D eigenvalue weighted by atomic mass is 9.93. The van der Waals surface area contributed by atoms with E-state index in [0.717, 1.165) is 11.1 Å². The molecule has 0 bridgehead atoms. The van der Waals surface area contributed by atoms with Crippen LogP contribution in [0.4, 0.5) is 0 Å². The molecule has 0 aliphatic heterocycles. The average molecular weight is 303 g/mol. The Morgan fingerprint density at radius 2 is 1.78 bits per heavy atom. The predicted molar refractivity (Wildman–Crippen MR) is 83.6 cm³/mol. The molecule has 1 aromatic carbocycles. The van der Waals surface area contributed by atoms with Crippen molar-refractivity contribution in [3.8, 4) is 0 Å². The smallest absolute Gasteiger partial charge is 0.230 e. The molecular formula is C18H13N3O2. The van der Waals surface area contributed by atoms with E-state index < -0.39 is 0 Å². The summed E-state index contributed by atoms with van der Waals surface area (Å²) in [6.45, 7) is 2.33. The van der Waals surface area contributed by atoms with Crippen LogP contribution in [0.25, 0.3) is 0 Å². The molecule has 2 aromatic heterocycles. The first kappa shape index (κ1) is 13.6. The van der Waals surface area contributed by atoms with Gasteiger partial charge >= 0.3 is 0 Å². The summed E-state index contributed by atoms with van der Waals surface area (Å²) >= 11 is 0. The van der Waals surface area contributed by atoms with E-state index in [0.29, 0.717) is 17.8 Å². The lowest BCUT2D eigenvalue weighted by molar-refractivity contribution is 0.0967. The van der Waals surface area contributed by atoms with Gasteiger partial charge in [-0.1, -0.05) is 30.3 Å². The molecule has 5 heteroatoms. The molecule has 1 aliphatic carbocycles. The Morgan fingerprint density at radius 1 is 1.00 bits per heavy atom. The molecule has 0 saturated heterocycles. The Labute approximate surface area is 132 Å². The topological polar surface area (TPSA) is 64.8 Å². The largest absolute Gasteiger partial charge is 0.323 e. The second-order valence-corrected chi connectivity index (χ2v) is 5.62. The molecule has 0 fully saturated rings. The SMILES string of the molecule is Cc1cnc2c(c1)C(=O)c1ncn(Cc3ccccc3)c1C2=O. The van der Waals surface area contributed by atoms with Crippen LogP contribution in [0.3, 0.4) is 0 Å². The number of aromatic nitrogens is 3. The molecule has 1 aliphatic rings. The van der Waals surface area contributed by atoms with Gasteiger partial charge in [-0.3, -0.25) is 14.6 Å². The summed E-state index contributed by atoms with van der Waals surface area (Å²) in [5.74, 6) is -0.486. The zero-order valence-corrected chi connectivity index (χ0v) is 12.5. The third kappa shape index (κ3) is 2.09. The minimum Gasteiger partial charge on any atom is -0.323 e. The van der Waals surface area contributed by atoms with E-state index in [1.54, 1.807) is 23.2 Å². The molecule has 4 rings (SSSR count). The molecule has 0 radical (unpaired) electrons. The van der Waals surface area contributed by atoms with Crippen LogP contribution in [0.2, 0.25) is 0 Å². The van der Waals surface area contributed by atoms with E-state index in [1.165, 1.54) is 0 Å². The quantitative estimate of drug-likeness (QED) is 0.570. The van der Waals surface area contributed by atoms with Crippen molar-refractivity contribution >= 4 is 11.6 Å². The fourth-order valence-corrected chi connectivity index (χ4v) is 2.85. The molecule has 0 saturated carbocycles. The number of carbonyl (C=O) groups excluding carboxylic acids is 2. The molecule has 3 aromatic rings. The minimum atomic E-state index is -0.247. The number of imidazole rings is 1. The first-order valence-corrected chi connectivity index (χ1v) is 7.30. The zero-order chi connectivity index (χ0) is 16.0. The van der Waals surface area contributed by atoms with Crippen LogP contribution in [0, 0.1) is 6.92 Å². The van der Waals surface area contributed by atoms with Gasteiger partial charge in [0.1, 0.15) is 17.1 Å². The van der Waals surface area contributed by atoms with Crippen LogP contribution >= 0.6 is 0 Å². The van der Waals surface area contributed by atoms with Crippen molar-refractivity contribution in [1.29, 1.82) is 0 Å². The Morgan fingerprint density at radius 3 is 2.57 bits per heavy atom. The molecule has 0 amide bonds. The summed E-state index contributed by atoms with van der Waals surface area (Å²) in [5.41, 5.74) is 2.97. The van der Waals surface area contributed by atoms with E-state index >= 15 is 0 Å². The van der Waals surface area contributed by atoms with E-state index in [9.17, 15) is 9.59 Å². The van der Waals surface area contributed by atoms with Crippen LogP contribution < -0.4 is 0 Å². The lowest BCUT2D eigenvalue weighted by Crippen LogP contribution is -2.25. The Kier molecular flexibility index (Phi) is 2.94. The Bertz CT molecular complexity index is 942. The van der Waals surface area contributed by atoms with Crippen molar-refractivity contribution in [3.05, 3.63) is 82.7 Å². The highest BCUT2D eigenvalue weighted by Crippen LogP contribution is 2.26. The second kappa shape index (κ2) is 4.98. The van der Waals surface area contributed by atoms with Crippen molar-refractivity contribution in [2.75, 3.05) is 0 Å². The van der Waals surface area contributed by atoms with Gasteiger partial charge in [-0.2, -0.15) is 0 Å². The maximum absolute atomic E-state index is 12.8. The summed E-state index contributed by atoms with van der Waals surface area (Å²) in [4.78, 5) is 33.7. The highest BCUT2D eigenvalue weighted by Gasteiger charge is 2.35. The first-order chi connectivity index (χ1) is 11.1. The van der Waals surface area contributed by atoms with E-state index in [2.05, 4.69) is 9.97 Å². The summed E-state index contributed by atoms with van der Waals surface area (Å²) < 4.78 is 1.72. The molecule has 23 heavy (non-hydrogen) atoms. The van der Waals surface area contributed by atoms with Crippen LogP contribution in [0.15, 0.2) is 48.9 Å². The molecule has 0 atom stereocenters. The van der Waals surface area contributed by atoms with Crippen LogP contribution in [-0.4, -0.2) is 26.1 Å². The fourth-order valence-electron chi connectivity index (χ4n) is 2.85. The fraction of sp³-hybridized carbons (Fsp3) is 0.111. The number of nitrogens with zero attached hydrogens (tertiary/aromatic N) is 3. The number of fused-ring (bicyclic) bond motifs is 2.